The molecule has 5 aromatic carbocycles. The lowest BCUT2D eigenvalue weighted by Crippen LogP contribution is -2.66. The summed E-state index contributed by atoms with van der Waals surface area (Å²) >= 11 is 0. The first-order valence-corrected chi connectivity index (χ1v) is 15.6. The largest absolute Gasteiger partial charge is 0.508 e. The van der Waals surface area contributed by atoms with Crippen LogP contribution in [0.15, 0.2) is 66.7 Å². The van der Waals surface area contributed by atoms with Crippen LogP contribution >= 0.6 is 0 Å². The van der Waals surface area contributed by atoms with Crippen LogP contribution in [0.5, 0.6) is 80.5 Å². The van der Waals surface area contributed by atoms with Gasteiger partial charge >= 0.3 is 29.5 Å². The first-order chi connectivity index (χ1) is 26.7. The third-order valence-corrected chi connectivity index (χ3v) is 8.43. The summed E-state index contributed by atoms with van der Waals surface area (Å²) in [6.45, 7) is 0. The van der Waals surface area contributed by atoms with E-state index in [1.54, 1.807) is 0 Å². The van der Waals surface area contributed by atoms with Gasteiger partial charge in [-0.25, -0.2) is 14.4 Å². The van der Waals surface area contributed by atoms with Crippen LogP contribution in [-0.4, -0.2) is 95.2 Å². The Hall–Kier alpha value is -8.33. The van der Waals surface area contributed by atoms with Gasteiger partial charge in [0.2, 0.25) is 6.10 Å². The van der Waals surface area contributed by atoms with E-state index in [2.05, 4.69) is 0 Å². The quantitative estimate of drug-likeness (QED) is 0.0486. The van der Waals surface area contributed by atoms with Crippen molar-refractivity contribution < 1.29 is 105 Å². The van der Waals surface area contributed by atoms with Crippen molar-refractivity contribution in [1.29, 1.82) is 0 Å². The van der Waals surface area contributed by atoms with E-state index in [1.165, 1.54) is 0 Å². The van der Waals surface area contributed by atoms with E-state index in [1.807, 2.05) is 0 Å². The lowest BCUT2D eigenvalue weighted by Gasteiger charge is -2.50. The second kappa shape index (κ2) is 13.5. The van der Waals surface area contributed by atoms with Crippen LogP contribution in [0.2, 0.25) is 0 Å². The Labute approximate surface area is 315 Å². The van der Waals surface area contributed by atoms with Crippen LogP contribution in [-0.2, 0) is 20.0 Å². The number of phenolic OH excluding ortho intramolecular Hbond substituents is 13. The van der Waals surface area contributed by atoms with Crippen LogP contribution < -0.4 is 4.74 Å². The molecule has 21 nitrogen and oxygen atoms in total. The summed E-state index contributed by atoms with van der Waals surface area (Å²) < 4.78 is 22.5. The fourth-order valence-corrected chi connectivity index (χ4v) is 5.68. The molecule has 0 saturated carbocycles. The van der Waals surface area contributed by atoms with Crippen molar-refractivity contribution in [3.8, 4) is 80.5 Å². The van der Waals surface area contributed by atoms with Crippen molar-refractivity contribution in [1.82, 2.24) is 0 Å². The molecule has 1 heterocycles. The highest BCUT2D eigenvalue weighted by Crippen LogP contribution is 2.58. The molecule has 21 heteroatoms. The molecular weight excluding hydrogens is 768 g/mol. The summed E-state index contributed by atoms with van der Waals surface area (Å²) in [4.78, 5) is 41.7. The predicted molar refractivity (Wildman–Crippen MR) is 180 cm³/mol. The zero-order valence-electron chi connectivity index (χ0n) is 28.0. The number of hydrogen-bond acceptors (Lipinski definition) is 21. The Morgan fingerprint density at radius 2 is 0.930 bits per heavy atom. The Morgan fingerprint density at radius 3 is 1.39 bits per heavy atom. The number of aromatic hydroxyl groups is 13. The van der Waals surface area contributed by atoms with Crippen molar-refractivity contribution >= 4 is 17.9 Å². The van der Waals surface area contributed by atoms with E-state index >= 15 is 0 Å². The minimum absolute atomic E-state index is 0.499. The maximum Gasteiger partial charge on any atom is 0.352 e. The highest BCUT2D eigenvalue weighted by atomic mass is 16.8. The van der Waals surface area contributed by atoms with Crippen molar-refractivity contribution in [2.24, 2.45) is 0 Å². The molecule has 0 aliphatic carbocycles. The molecule has 0 fully saturated rings. The average Bonchev–Trinajstić information content (AvgIpc) is 3.13. The van der Waals surface area contributed by atoms with Crippen molar-refractivity contribution in [2.45, 2.75) is 17.7 Å². The zero-order chi connectivity index (χ0) is 41.9. The van der Waals surface area contributed by atoms with Crippen molar-refractivity contribution in [3.05, 3.63) is 94.5 Å². The third-order valence-electron chi connectivity index (χ3n) is 8.43. The predicted octanol–water partition coefficient (Wildman–Crippen LogP) is 2.41. The van der Waals surface area contributed by atoms with E-state index in [0.29, 0.717) is 54.6 Å². The molecule has 0 saturated heterocycles. The Balaban J connectivity index is 1.68. The summed E-state index contributed by atoms with van der Waals surface area (Å²) in [7, 11) is 0. The first kappa shape index (κ1) is 38.4. The molecule has 5 aromatic rings. The Bertz CT molecular complexity index is 2440. The third kappa shape index (κ3) is 6.40. The van der Waals surface area contributed by atoms with E-state index in [4.69, 9.17) is 18.9 Å². The summed E-state index contributed by atoms with van der Waals surface area (Å²) in [5.41, 5.74) is -4.31. The van der Waals surface area contributed by atoms with Gasteiger partial charge < -0.3 is 90.4 Å². The number of aliphatic hydroxyl groups is 1. The molecule has 57 heavy (non-hydrogen) atoms. The summed E-state index contributed by atoms with van der Waals surface area (Å²) in [5, 5.41) is 146. The highest BCUT2D eigenvalue weighted by molar-refractivity contribution is 5.94. The van der Waals surface area contributed by atoms with Crippen molar-refractivity contribution in [3.63, 3.8) is 0 Å². The zero-order valence-corrected chi connectivity index (χ0v) is 28.0. The molecule has 0 spiro atoms. The normalized spacial score (nSPS) is 18.4. The van der Waals surface area contributed by atoms with E-state index < -0.39 is 144 Å². The van der Waals surface area contributed by atoms with Crippen LogP contribution in [0, 0.1) is 0 Å². The number of rotatable bonds is 7. The van der Waals surface area contributed by atoms with Gasteiger partial charge in [0.05, 0.1) is 22.3 Å². The minimum Gasteiger partial charge on any atom is -0.508 e. The highest BCUT2D eigenvalue weighted by Gasteiger charge is 2.71. The molecule has 1 aliphatic heterocycles. The average molecular weight is 795 g/mol. The first-order valence-electron chi connectivity index (χ1n) is 15.6. The number of fused-ring (bicyclic) bond motifs is 1. The molecule has 0 aromatic heterocycles. The summed E-state index contributed by atoms with van der Waals surface area (Å²) in [6, 6.07) is 6.49. The number of esters is 3. The minimum atomic E-state index is -4.04. The van der Waals surface area contributed by atoms with Gasteiger partial charge in [-0.3, -0.25) is 0 Å². The van der Waals surface area contributed by atoms with Gasteiger partial charge in [-0.1, -0.05) is 0 Å². The van der Waals surface area contributed by atoms with Crippen LogP contribution in [0.3, 0.4) is 0 Å². The number of benzene rings is 5. The smallest absolute Gasteiger partial charge is 0.352 e. The lowest BCUT2D eigenvalue weighted by molar-refractivity contribution is -0.385. The molecule has 0 amide bonds. The van der Waals surface area contributed by atoms with E-state index in [0.717, 1.165) is 12.1 Å². The topological polar surface area (TPSA) is 371 Å². The van der Waals surface area contributed by atoms with E-state index in [9.17, 15) is 85.9 Å². The van der Waals surface area contributed by atoms with Crippen molar-refractivity contribution in [2.75, 3.05) is 0 Å². The number of carbonyl (C=O) groups is 3. The van der Waals surface area contributed by atoms with Gasteiger partial charge in [0, 0.05) is 17.7 Å². The molecule has 296 valence electrons. The summed E-state index contributed by atoms with van der Waals surface area (Å²) in [6.07, 6.45) is -2.82. The van der Waals surface area contributed by atoms with Crippen LogP contribution in [0.4, 0.5) is 0 Å². The second-order valence-electron chi connectivity index (χ2n) is 12.1. The van der Waals surface area contributed by atoms with Gasteiger partial charge in [-0.15, -0.1) is 0 Å². The molecule has 3 atom stereocenters. The molecule has 6 rings (SSSR count). The van der Waals surface area contributed by atoms with Gasteiger partial charge in [0.25, 0.3) is 0 Å². The molecule has 1 aliphatic rings. The fraction of sp³-hybridized carbons (Fsp3) is 0.0833. The number of carbonyl (C=O) groups excluding carboxylic acids is 3. The molecular formula is C36H26O21. The number of phenols is 13. The number of hydrogen-bond donors (Lipinski definition) is 14. The standard InChI is InChI=1S/C36H26O21/c37-16-10-19(40)27-26(11-16)55-36(15-1-2-17(38)18(39)9-15,57-34(52)14-7-24(45)30(49)25(46)8-14)35(53,56-33(51)13-5-22(43)29(48)23(44)6-13)31(27)54-32(50)12-3-20(41)28(47)21(42)4-12/h1-11,31,37-49,53H/t31?,35-,36?/m1/s1. The second-order valence-corrected chi connectivity index (χ2v) is 12.1. The van der Waals surface area contributed by atoms with Gasteiger partial charge in [0.1, 0.15) is 17.2 Å². The maximum absolute atomic E-state index is 14.0. The monoisotopic (exact) mass is 794 g/mol. The van der Waals surface area contributed by atoms with Gasteiger partial charge in [0.15, 0.2) is 63.2 Å². The van der Waals surface area contributed by atoms with Crippen LogP contribution in [0.1, 0.15) is 48.3 Å². The SMILES string of the molecule is O=C(OC1c2c(O)cc(O)cc2OC(OC(=O)c2cc(O)c(O)c(O)c2)(c2ccc(O)c(O)c2)[C@]1(O)OC(=O)c1cc(O)c(O)c(O)c1)c1cc(O)c(O)c(O)c1. The Kier molecular flexibility index (Phi) is 9.10. The van der Waals surface area contributed by atoms with Gasteiger partial charge in [-0.05, 0) is 54.6 Å². The molecule has 2 unspecified atom stereocenters. The van der Waals surface area contributed by atoms with Crippen LogP contribution in [0.25, 0.3) is 0 Å². The molecule has 14 N–H and O–H groups in total. The fourth-order valence-electron chi connectivity index (χ4n) is 5.68. The maximum atomic E-state index is 14.0. The van der Waals surface area contributed by atoms with Gasteiger partial charge in [-0.2, -0.15) is 0 Å². The summed E-state index contributed by atoms with van der Waals surface area (Å²) in [5.74, 6) is -27.7. The van der Waals surface area contributed by atoms with E-state index in [-0.39, 0.29) is 0 Å². The Morgan fingerprint density at radius 1 is 0.491 bits per heavy atom. The molecule has 0 radical (unpaired) electrons. The number of ether oxygens (including phenoxy) is 4. The molecule has 0 bridgehead atoms. The lowest BCUT2D eigenvalue weighted by atomic mass is 9.84.